The van der Waals surface area contributed by atoms with Crippen LogP contribution in [0.15, 0.2) is 18.2 Å². The first-order chi connectivity index (χ1) is 12.0. The van der Waals surface area contributed by atoms with Crippen molar-refractivity contribution in [1.82, 2.24) is 9.80 Å². The number of nitrogens with zero attached hydrogens (tertiary/aromatic N) is 2. The van der Waals surface area contributed by atoms with Gasteiger partial charge in [-0.25, -0.2) is 0 Å². The SMILES string of the molecule is CC(C)[C@@H](CN1CCCCC1)N1Cc2cc(O)ccc2C[C@@H]1C(N)=O. The van der Waals surface area contributed by atoms with Gasteiger partial charge in [-0.1, -0.05) is 26.3 Å². The standard InChI is InChI=1S/C20H31N3O2/c1-14(2)19(13-22-8-4-3-5-9-22)23-12-16-10-17(24)7-6-15(16)11-18(23)20(21)25/h6-7,10,14,18-19,24H,3-5,8-9,11-13H2,1-2H3,(H2,21,25)/t18-,19-/m1/s1. The molecular weight excluding hydrogens is 314 g/mol. The van der Waals surface area contributed by atoms with E-state index in [1.807, 2.05) is 12.1 Å². The molecule has 2 heterocycles. The van der Waals surface area contributed by atoms with Crippen LogP contribution >= 0.6 is 0 Å². The molecule has 0 aliphatic carbocycles. The number of hydrogen-bond donors (Lipinski definition) is 2. The average Bonchev–Trinajstić information content (AvgIpc) is 2.59. The van der Waals surface area contributed by atoms with Gasteiger partial charge >= 0.3 is 0 Å². The van der Waals surface area contributed by atoms with Crippen molar-refractivity contribution in [2.24, 2.45) is 11.7 Å². The molecule has 2 aliphatic rings. The number of nitrogens with two attached hydrogens (primary N) is 1. The zero-order valence-electron chi connectivity index (χ0n) is 15.4. The minimum absolute atomic E-state index is 0.247. The third-order valence-electron chi connectivity index (χ3n) is 5.77. The third kappa shape index (κ3) is 4.15. The molecule has 5 nitrogen and oxygen atoms in total. The summed E-state index contributed by atoms with van der Waals surface area (Å²) in [5, 5.41) is 9.84. The van der Waals surface area contributed by atoms with Crippen molar-refractivity contribution in [3.8, 4) is 5.75 Å². The molecule has 1 saturated heterocycles. The molecule has 138 valence electrons. The summed E-state index contributed by atoms with van der Waals surface area (Å²) < 4.78 is 0. The number of phenolic OH excluding ortho intramolecular Hbond substituents is 1. The van der Waals surface area contributed by atoms with Gasteiger partial charge in [-0.2, -0.15) is 0 Å². The quantitative estimate of drug-likeness (QED) is 0.858. The van der Waals surface area contributed by atoms with E-state index in [1.165, 1.54) is 19.3 Å². The molecule has 5 heteroatoms. The Hall–Kier alpha value is -1.59. The third-order valence-corrected chi connectivity index (χ3v) is 5.77. The van der Waals surface area contributed by atoms with Crippen LogP contribution in [-0.2, 0) is 17.8 Å². The molecule has 0 bridgehead atoms. The van der Waals surface area contributed by atoms with Crippen LogP contribution in [0.2, 0.25) is 0 Å². The second kappa shape index (κ2) is 7.75. The number of piperidine rings is 1. The van der Waals surface area contributed by atoms with E-state index in [0.717, 1.165) is 30.8 Å². The van der Waals surface area contributed by atoms with Crippen molar-refractivity contribution >= 4 is 5.91 Å². The van der Waals surface area contributed by atoms with Crippen LogP contribution in [0.1, 0.15) is 44.2 Å². The zero-order valence-corrected chi connectivity index (χ0v) is 15.4. The smallest absolute Gasteiger partial charge is 0.235 e. The van der Waals surface area contributed by atoms with Crippen molar-refractivity contribution in [3.05, 3.63) is 29.3 Å². The molecule has 1 aromatic carbocycles. The lowest BCUT2D eigenvalue weighted by atomic mass is 9.89. The van der Waals surface area contributed by atoms with Gasteiger partial charge in [-0.05, 0) is 61.5 Å². The highest BCUT2D eigenvalue weighted by Gasteiger charge is 2.36. The summed E-state index contributed by atoms with van der Waals surface area (Å²) in [4.78, 5) is 17.0. The molecule has 25 heavy (non-hydrogen) atoms. The number of likely N-dealkylation sites (tertiary alicyclic amines) is 1. The van der Waals surface area contributed by atoms with Crippen molar-refractivity contribution in [2.75, 3.05) is 19.6 Å². The van der Waals surface area contributed by atoms with E-state index in [-0.39, 0.29) is 23.7 Å². The molecule has 1 aromatic rings. The van der Waals surface area contributed by atoms with Crippen LogP contribution in [0.5, 0.6) is 5.75 Å². The van der Waals surface area contributed by atoms with E-state index in [2.05, 4.69) is 23.6 Å². The van der Waals surface area contributed by atoms with Crippen molar-refractivity contribution in [1.29, 1.82) is 0 Å². The number of rotatable bonds is 5. The highest BCUT2D eigenvalue weighted by Crippen LogP contribution is 2.30. The summed E-state index contributed by atoms with van der Waals surface area (Å²) in [6.07, 6.45) is 4.48. The minimum atomic E-state index is -0.269. The molecule has 0 radical (unpaired) electrons. The molecular formula is C20H31N3O2. The Morgan fingerprint density at radius 3 is 2.60 bits per heavy atom. The van der Waals surface area contributed by atoms with E-state index in [4.69, 9.17) is 5.73 Å². The van der Waals surface area contributed by atoms with Gasteiger partial charge in [-0.15, -0.1) is 0 Å². The van der Waals surface area contributed by atoms with Crippen molar-refractivity contribution < 1.29 is 9.90 Å². The molecule has 3 N–H and O–H groups in total. The summed E-state index contributed by atoms with van der Waals surface area (Å²) in [5.41, 5.74) is 8.01. The Kier molecular flexibility index (Phi) is 5.64. The predicted molar refractivity (Wildman–Crippen MR) is 99.3 cm³/mol. The molecule has 1 amide bonds. The molecule has 2 atom stereocenters. The number of aromatic hydroxyl groups is 1. The largest absolute Gasteiger partial charge is 0.508 e. The number of fused-ring (bicyclic) bond motifs is 1. The Balaban J connectivity index is 1.85. The first-order valence-electron chi connectivity index (χ1n) is 9.54. The van der Waals surface area contributed by atoms with Crippen LogP contribution in [0.25, 0.3) is 0 Å². The van der Waals surface area contributed by atoms with Gasteiger partial charge in [0.15, 0.2) is 0 Å². The van der Waals surface area contributed by atoms with Gasteiger partial charge in [0.05, 0.1) is 6.04 Å². The van der Waals surface area contributed by atoms with E-state index < -0.39 is 0 Å². The lowest BCUT2D eigenvalue weighted by Crippen LogP contribution is -2.57. The van der Waals surface area contributed by atoms with Crippen LogP contribution < -0.4 is 5.73 Å². The van der Waals surface area contributed by atoms with E-state index in [9.17, 15) is 9.90 Å². The molecule has 2 aliphatic heterocycles. The Morgan fingerprint density at radius 1 is 1.24 bits per heavy atom. The molecule has 0 spiro atoms. The van der Waals surface area contributed by atoms with Gasteiger partial charge in [0.1, 0.15) is 5.75 Å². The molecule has 0 aromatic heterocycles. The maximum absolute atomic E-state index is 12.2. The molecule has 3 rings (SSSR count). The van der Waals surface area contributed by atoms with Gasteiger partial charge in [0.25, 0.3) is 0 Å². The van der Waals surface area contributed by atoms with Crippen LogP contribution in [-0.4, -0.2) is 52.5 Å². The predicted octanol–water partition coefficient (Wildman–Crippen LogP) is 2.11. The van der Waals surface area contributed by atoms with E-state index in [0.29, 0.717) is 18.9 Å². The van der Waals surface area contributed by atoms with Crippen LogP contribution in [0.4, 0.5) is 0 Å². The average molecular weight is 345 g/mol. The number of phenols is 1. The highest BCUT2D eigenvalue weighted by atomic mass is 16.3. The van der Waals surface area contributed by atoms with Crippen LogP contribution in [0.3, 0.4) is 0 Å². The van der Waals surface area contributed by atoms with Gasteiger partial charge in [0, 0.05) is 19.1 Å². The number of amides is 1. The van der Waals surface area contributed by atoms with Gasteiger partial charge in [-0.3, -0.25) is 9.69 Å². The first kappa shape index (κ1) is 18.2. The fourth-order valence-corrected chi connectivity index (χ4v) is 4.31. The number of carbonyl (C=O) groups excluding carboxylic acids is 1. The summed E-state index contributed by atoms with van der Waals surface area (Å²) >= 11 is 0. The van der Waals surface area contributed by atoms with Gasteiger partial charge in [0.2, 0.25) is 5.91 Å². The minimum Gasteiger partial charge on any atom is -0.508 e. The zero-order chi connectivity index (χ0) is 18.0. The fraction of sp³-hybridized carbons (Fsp3) is 0.650. The molecule has 0 unspecified atom stereocenters. The number of primary amides is 1. The van der Waals surface area contributed by atoms with E-state index in [1.54, 1.807) is 6.07 Å². The Morgan fingerprint density at radius 2 is 1.96 bits per heavy atom. The normalized spacial score (nSPS) is 23.4. The summed E-state index contributed by atoms with van der Waals surface area (Å²) in [6.45, 7) is 8.41. The van der Waals surface area contributed by atoms with Crippen LogP contribution in [0, 0.1) is 5.92 Å². The molecule has 1 fully saturated rings. The first-order valence-corrected chi connectivity index (χ1v) is 9.54. The summed E-state index contributed by atoms with van der Waals surface area (Å²) in [6, 6.07) is 5.46. The topological polar surface area (TPSA) is 69.8 Å². The van der Waals surface area contributed by atoms with Crippen molar-refractivity contribution in [3.63, 3.8) is 0 Å². The molecule has 0 saturated carbocycles. The van der Waals surface area contributed by atoms with Gasteiger partial charge < -0.3 is 15.7 Å². The lowest BCUT2D eigenvalue weighted by molar-refractivity contribution is -0.125. The Labute approximate surface area is 150 Å². The summed E-state index contributed by atoms with van der Waals surface area (Å²) in [5.74, 6) is 0.471. The second-order valence-corrected chi connectivity index (χ2v) is 7.92. The second-order valence-electron chi connectivity index (χ2n) is 7.92. The summed E-state index contributed by atoms with van der Waals surface area (Å²) in [7, 11) is 0. The lowest BCUT2D eigenvalue weighted by Gasteiger charge is -2.44. The maximum atomic E-state index is 12.2. The monoisotopic (exact) mass is 345 g/mol. The van der Waals surface area contributed by atoms with E-state index >= 15 is 0 Å². The Bertz CT molecular complexity index is 611. The van der Waals surface area contributed by atoms with Crippen molar-refractivity contribution in [2.45, 2.75) is 58.2 Å². The maximum Gasteiger partial charge on any atom is 0.235 e. The highest BCUT2D eigenvalue weighted by molar-refractivity contribution is 5.80. The fourth-order valence-electron chi connectivity index (χ4n) is 4.31. The number of benzene rings is 1. The number of hydrogen-bond acceptors (Lipinski definition) is 4. The number of carbonyl (C=O) groups is 1.